The summed E-state index contributed by atoms with van der Waals surface area (Å²) in [7, 11) is 0. The molecule has 2 aromatic rings. The molecule has 0 spiro atoms. The summed E-state index contributed by atoms with van der Waals surface area (Å²) >= 11 is 0. The zero-order valence-electron chi connectivity index (χ0n) is 22.0. The van der Waals surface area contributed by atoms with Gasteiger partial charge in [0.05, 0.1) is 32.0 Å². The first-order valence-corrected chi connectivity index (χ1v) is 13.7. The third-order valence-electron chi connectivity index (χ3n) is 8.10. The van der Waals surface area contributed by atoms with Crippen LogP contribution in [0.4, 0.5) is 24.9 Å². The molecule has 0 aliphatic carbocycles. The summed E-state index contributed by atoms with van der Waals surface area (Å²) in [5, 5.41) is 0. The van der Waals surface area contributed by atoms with Gasteiger partial charge in [0, 0.05) is 38.8 Å². The molecule has 4 aliphatic rings. The lowest BCUT2D eigenvalue weighted by Crippen LogP contribution is -2.53. The number of morpholine rings is 2. The number of fused-ring (bicyclic) bond motifs is 3. The van der Waals surface area contributed by atoms with Crippen LogP contribution in [-0.4, -0.2) is 97.3 Å². The van der Waals surface area contributed by atoms with Gasteiger partial charge >= 0.3 is 6.18 Å². The molecule has 1 amide bonds. The van der Waals surface area contributed by atoms with Crippen LogP contribution in [0.5, 0.6) is 5.75 Å². The van der Waals surface area contributed by atoms with Gasteiger partial charge in [0.15, 0.2) is 6.61 Å². The van der Waals surface area contributed by atoms with Gasteiger partial charge in [-0.15, -0.1) is 0 Å². The molecule has 1 aromatic heterocycles. The number of nitrogens with zero attached hydrogens (tertiary/aromatic N) is 5. The van der Waals surface area contributed by atoms with Gasteiger partial charge in [0.2, 0.25) is 5.95 Å². The predicted molar refractivity (Wildman–Crippen MR) is 139 cm³/mol. The monoisotopic (exact) mass is 563 g/mol. The Morgan fingerprint density at radius 3 is 2.58 bits per heavy atom. The topological polar surface area (TPSA) is 89.4 Å². The first-order valence-electron chi connectivity index (χ1n) is 13.7. The van der Waals surface area contributed by atoms with Crippen LogP contribution in [0.2, 0.25) is 0 Å². The third kappa shape index (κ3) is 5.49. The first kappa shape index (κ1) is 26.9. The van der Waals surface area contributed by atoms with E-state index >= 15 is 0 Å². The van der Waals surface area contributed by atoms with Crippen LogP contribution in [0, 0.1) is 0 Å². The van der Waals surface area contributed by atoms with Crippen LogP contribution >= 0.6 is 0 Å². The SMILES string of the molecule is O=C(COc1ccc(CCN2c3nc(N4C[C@@H]5C[C@H]4CO5)cc(=O)n3CCC2C(F)(F)F)cc1)N1CCOCC1. The molecule has 0 radical (unpaired) electrons. The molecule has 5 heterocycles. The van der Waals surface area contributed by atoms with Gasteiger partial charge in [-0.1, -0.05) is 12.1 Å². The molecule has 216 valence electrons. The zero-order valence-corrected chi connectivity index (χ0v) is 22.0. The minimum absolute atomic E-state index is 0.0327. The fraction of sp³-hybridized carbons (Fsp3) is 0.593. The largest absolute Gasteiger partial charge is 0.484 e. The molecular formula is C27H32F3N5O5. The summed E-state index contributed by atoms with van der Waals surface area (Å²) in [5.74, 6) is 0.851. The lowest BCUT2D eigenvalue weighted by atomic mass is 10.1. The number of hydrogen-bond donors (Lipinski definition) is 0. The number of halogens is 3. The summed E-state index contributed by atoms with van der Waals surface area (Å²) in [6, 6.07) is 6.75. The Balaban J connectivity index is 1.16. The minimum atomic E-state index is -4.47. The van der Waals surface area contributed by atoms with Crippen molar-refractivity contribution in [1.82, 2.24) is 14.5 Å². The van der Waals surface area contributed by atoms with Gasteiger partial charge in [0.1, 0.15) is 17.6 Å². The van der Waals surface area contributed by atoms with E-state index in [0.29, 0.717) is 57.4 Å². The van der Waals surface area contributed by atoms with E-state index in [1.165, 1.54) is 15.5 Å². The van der Waals surface area contributed by atoms with E-state index in [-0.39, 0.29) is 55.7 Å². The first-order chi connectivity index (χ1) is 19.3. The number of aromatic nitrogens is 2. The molecule has 13 heteroatoms. The molecule has 0 saturated carbocycles. The number of anilines is 2. The molecule has 40 heavy (non-hydrogen) atoms. The Kier molecular flexibility index (Phi) is 7.34. The minimum Gasteiger partial charge on any atom is -0.484 e. The second-order valence-corrected chi connectivity index (χ2v) is 10.6. The van der Waals surface area contributed by atoms with Crippen LogP contribution in [0.25, 0.3) is 0 Å². The number of benzene rings is 1. The quantitative estimate of drug-likeness (QED) is 0.505. The normalized spacial score (nSPS) is 24.4. The molecule has 1 aromatic carbocycles. The van der Waals surface area contributed by atoms with Gasteiger partial charge < -0.3 is 28.9 Å². The molecule has 0 N–H and O–H groups in total. The molecule has 2 bridgehead atoms. The predicted octanol–water partition coefficient (Wildman–Crippen LogP) is 1.84. The van der Waals surface area contributed by atoms with Crippen molar-refractivity contribution in [3.05, 3.63) is 46.2 Å². The number of amides is 1. The molecule has 4 aliphatic heterocycles. The highest BCUT2D eigenvalue weighted by molar-refractivity contribution is 5.77. The van der Waals surface area contributed by atoms with Crippen molar-refractivity contribution in [3.8, 4) is 5.75 Å². The van der Waals surface area contributed by atoms with Crippen molar-refractivity contribution in [3.63, 3.8) is 0 Å². The molecule has 1 unspecified atom stereocenters. The second kappa shape index (κ2) is 10.9. The van der Waals surface area contributed by atoms with Crippen molar-refractivity contribution in [2.24, 2.45) is 0 Å². The Hall–Kier alpha value is -3.32. The number of carbonyl (C=O) groups excluding carboxylic acids is 1. The van der Waals surface area contributed by atoms with Crippen molar-refractivity contribution in [2.45, 2.75) is 50.2 Å². The van der Waals surface area contributed by atoms with Crippen molar-refractivity contribution in [2.75, 3.05) is 62.4 Å². The van der Waals surface area contributed by atoms with E-state index in [1.807, 2.05) is 4.90 Å². The van der Waals surface area contributed by atoms with Crippen molar-refractivity contribution >= 4 is 17.7 Å². The van der Waals surface area contributed by atoms with Crippen LogP contribution in [0.3, 0.4) is 0 Å². The Morgan fingerprint density at radius 1 is 1.12 bits per heavy atom. The molecule has 3 fully saturated rings. The highest BCUT2D eigenvalue weighted by Crippen LogP contribution is 2.36. The third-order valence-corrected chi connectivity index (χ3v) is 8.10. The van der Waals surface area contributed by atoms with Crippen LogP contribution in [-0.2, 0) is 27.2 Å². The maximum absolute atomic E-state index is 14.1. The summed E-state index contributed by atoms with van der Waals surface area (Å²) in [6.07, 6.45) is -3.49. The average molecular weight is 564 g/mol. The second-order valence-electron chi connectivity index (χ2n) is 10.6. The van der Waals surface area contributed by atoms with Gasteiger partial charge in [-0.25, -0.2) is 0 Å². The highest BCUT2D eigenvalue weighted by Gasteiger charge is 2.47. The van der Waals surface area contributed by atoms with E-state index in [1.54, 1.807) is 29.2 Å². The Bertz CT molecular complexity index is 1280. The van der Waals surface area contributed by atoms with Crippen LogP contribution < -0.4 is 20.1 Å². The van der Waals surface area contributed by atoms with Crippen LogP contribution in [0.1, 0.15) is 18.4 Å². The standard InChI is InChI=1S/C27H32F3N5O5/c28-27(29,30)22-6-8-34-24(36)14-23(35-15-21-13-19(35)16-39-21)31-26(34)33(22)7-5-18-1-3-20(4-2-18)40-17-25(37)32-9-11-38-12-10-32/h1-4,14,19,21-22H,5-13,15-17H2/t19-,21-,22?/m0/s1. The summed E-state index contributed by atoms with van der Waals surface area (Å²) < 4.78 is 60.3. The maximum Gasteiger partial charge on any atom is 0.408 e. The van der Waals surface area contributed by atoms with Gasteiger partial charge in [0.25, 0.3) is 11.5 Å². The van der Waals surface area contributed by atoms with Crippen molar-refractivity contribution < 1.29 is 32.2 Å². The highest BCUT2D eigenvalue weighted by atomic mass is 19.4. The Morgan fingerprint density at radius 2 is 1.90 bits per heavy atom. The maximum atomic E-state index is 14.1. The zero-order chi connectivity index (χ0) is 27.9. The lowest BCUT2D eigenvalue weighted by Gasteiger charge is -2.39. The van der Waals surface area contributed by atoms with E-state index in [2.05, 4.69) is 4.98 Å². The fourth-order valence-corrected chi connectivity index (χ4v) is 5.93. The molecule has 10 nitrogen and oxygen atoms in total. The van der Waals surface area contributed by atoms with Gasteiger partial charge in [-0.2, -0.15) is 18.2 Å². The summed E-state index contributed by atoms with van der Waals surface area (Å²) in [4.78, 5) is 34.8. The van der Waals surface area contributed by atoms with Crippen LogP contribution in [0.15, 0.2) is 35.1 Å². The summed E-state index contributed by atoms with van der Waals surface area (Å²) in [6.45, 7) is 3.11. The molecular weight excluding hydrogens is 531 g/mol. The molecule has 3 atom stereocenters. The number of alkyl halides is 3. The Labute approximate surface area is 229 Å². The fourth-order valence-electron chi connectivity index (χ4n) is 5.93. The molecule has 6 rings (SSSR count). The number of hydrogen-bond acceptors (Lipinski definition) is 8. The smallest absolute Gasteiger partial charge is 0.408 e. The van der Waals surface area contributed by atoms with E-state index < -0.39 is 12.2 Å². The molecule has 3 saturated heterocycles. The lowest BCUT2D eigenvalue weighted by molar-refractivity contribution is -0.152. The van der Waals surface area contributed by atoms with E-state index in [4.69, 9.17) is 14.2 Å². The number of rotatable bonds is 7. The van der Waals surface area contributed by atoms with E-state index in [0.717, 1.165) is 12.0 Å². The van der Waals surface area contributed by atoms with Crippen molar-refractivity contribution in [1.29, 1.82) is 0 Å². The van der Waals surface area contributed by atoms with Gasteiger partial charge in [-0.05, 0) is 37.0 Å². The number of ether oxygens (including phenoxy) is 3. The average Bonchev–Trinajstić information content (AvgIpc) is 3.59. The van der Waals surface area contributed by atoms with E-state index in [9.17, 15) is 22.8 Å². The number of carbonyl (C=O) groups is 1. The summed E-state index contributed by atoms with van der Waals surface area (Å²) in [5.41, 5.74) is 0.458. The van der Waals surface area contributed by atoms with Gasteiger partial charge in [-0.3, -0.25) is 14.2 Å².